The normalized spacial score (nSPS) is 11.1. The molecule has 0 heterocycles. The fourth-order valence-electron chi connectivity index (χ4n) is 2.61. The second kappa shape index (κ2) is 9.45. The second-order valence-corrected chi connectivity index (χ2v) is 8.23. The first-order valence-corrected chi connectivity index (χ1v) is 9.54. The van der Waals surface area contributed by atoms with Crippen molar-refractivity contribution in [3.8, 4) is 0 Å². The fourth-order valence-corrected chi connectivity index (χ4v) is 2.97. The standard InChI is InChI=1S/C20H20Cl3NO3/c1-3-24(18-8-7-16(13-25)14(2)11-18)9-10-27-19(26)15-5-4-6-17(12-15)20(21,22)23/h4-8,11-13H,3,9-10H2,1-2H3. The zero-order chi connectivity index (χ0) is 20.0. The molecule has 27 heavy (non-hydrogen) atoms. The van der Waals surface area contributed by atoms with Gasteiger partial charge in [-0.3, -0.25) is 4.79 Å². The van der Waals surface area contributed by atoms with Gasteiger partial charge in [0.25, 0.3) is 0 Å². The van der Waals surface area contributed by atoms with E-state index in [1.165, 1.54) is 6.07 Å². The molecule has 0 saturated carbocycles. The molecule has 0 N–H and O–H groups in total. The van der Waals surface area contributed by atoms with Gasteiger partial charge in [0.05, 0.1) is 12.1 Å². The number of benzene rings is 2. The number of anilines is 1. The summed E-state index contributed by atoms with van der Waals surface area (Å²) < 4.78 is 3.76. The van der Waals surface area contributed by atoms with Crippen molar-refractivity contribution < 1.29 is 14.3 Å². The van der Waals surface area contributed by atoms with Crippen LogP contribution in [-0.4, -0.2) is 32.0 Å². The molecule has 0 aliphatic heterocycles. The molecule has 4 nitrogen and oxygen atoms in total. The zero-order valence-electron chi connectivity index (χ0n) is 15.0. The van der Waals surface area contributed by atoms with Crippen molar-refractivity contribution in [3.05, 3.63) is 64.7 Å². The Bertz CT molecular complexity index is 818. The molecular weight excluding hydrogens is 409 g/mol. The summed E-state index contributed by atoms with van der Waals surface area (Å²) in [4.78, 5) is 25.3. The molecule has 0 amide bonds. The van der Waals surface area contributed by atoms with Crippen molar-refractivity contribution >= 4 is 52.7 Å². The van der Waals surface area contributed by atoms with E-state index in [9.17, 15) is 9.59 Å². The maximum absolute atomic E-state index is 12.3. The number of hydrogen-bond donors (Lipinski definition) is 0. The molecule has 0 aromatic heterocycles. The predicted octanol–water partition coefficient (Wildman–Crippen LogP) is 5.32. The lowest BCUT2D eigenvalue weighted by Crippen LogP contribution is -2.28. The zero-order valence-corrected chi connectivity index (χ0v) is 17.3. The van der Waals surface area contributed by atoms with E-state index in [-0.39, 0.29) is 6.61 Å². The number of hydrogen-bond acceptors (Lipinski definition) is 4. The molecule has 0 fully saturated rings. The molecule has 2 aromatic carbocycles. The van der Waals surface area contributed by atoms with Crippen molar-refractivity contribution in [2.75, 3.05) is 24.6 Å². The van der Waals surface area contributed by atoms with Crippen LogP contribution in [0.3, 0.4) is 0 Å². The van der Waals surface area contributed by atoms with Gasteiger partial charge < -0.3 is 9.64 Å². The van der Waals surface area contributed by atoms with Crippen molar-refractivity contribution in [3.63, 3.8) is 0 Å². The van der Waals surface area contributed by atoms with Crippen LogP contribution in [0.1, 0.15) is 38.8 Å². The number of esters is 1. The van der Waals surface area contributed by atoms with Crippen LogP contribution in [0.2, 0.25) is 0 Å². The van der Waals surface area contributed by atoms with Gasteiger partial charge in [-0.1, -0.05) is 46.9 Å². The molecule has 2 rings (SSSR count). The summed E-state index contributed by atoms with van der Waals surface area (Å²) in [6.45, 7) is 5.36. The SMILES string of the molecule is CCN(CCOC(=O)c1cccc(C(Cl)(Cl)Cl)c1)c1ccc(C=O)c(C)c1. The summed E-state index contributed by atoms with van der Waals surface area (Å²) in [5.74, 6) is -0.477. The number of nitrogens with zero attached hydrogens (tertiary/aromatic N) is 1. The molecule has 144 valence electrons. The van der Waals surface area contributed by atoms with Crippen molar-refractivity contribution in [2.24, 2.45) is 0 Å². The molecule has 0 atom stereocenters. The fraction of sp³-hybridized carbons (Fsp3) is 0.300. The predicted molar refractivity (Wildman–Crippen MR) is 110 cm³/mol. The van der Waals surface area contributed by atoms with E-state index >= 15 is 0 Å². The molecule has 7 heteroatoms. The summed E-state index contributed by atoms with van der Waals surface area (Å²) in [7, 11) is 0. The molecule has 0 unspecified atom stereocenters. The summed E-state index contributed by atoms with van der Waals surface area (Å²) in [5.41, 5.74) is 3.27. The third kappa shape index (κ3) is 5.86. The quantitative estimate of drug-likeness (QED) is 0.340. The van der Waals surface area contributed by atoms with Gasteiger partial charge in [-0.2, -0.15) is 0 Å². The Labute approximate surface area is 174 Å². The van der Waals surface area contributed by atoms with E-state index in [0.29, 0.717) is 23.2 Å². The summed E-state index contributed by atoms with van der Waals surface area (Å²) in [6, 6.07) is 12.0. The number of ether oxygens (including phenoxy) is 1. The number of halogens is 3. The molecule has 0 radical (unpaired) electrons. The molecular formula is C20H20Cl3NO3. The van der Waals surface area contributed by atoms with Gasteiger partial charge in [0.2, 0.25) is 3.79 Å². The largest absolute Gasteiger partial charge is 0.460 e. The highest BCUT2D eigenvalue weighted by atomic mass is 35.6. The van der Waals surface area contributed by atoms with Gasteiger partial charge in [-0.05, 0) is 49.7 Å². The van der Waals surface area contributed by atoms with Crippen molar-refractivity contribution in [1.82, 2.24) is 0 Å². The third-order valence-corrected chi connectivity index (χ3v) is 4.80. The minimum atomic E-state index is -1.60. The number of aldehydes is 1. The Morgan fingerprint density at radius 2 is 1.93 bits per heavy atom. The average Bonchev–Trinajstić information content (AvgIpc) is 2.64. The van der Waals surface area contributed by atoms with Crippen LogP contribution < -0.4 is 4.90 Å². The number of alkyl halides is 3. The minimum absolute atomic E-state index is 0.207. The molecule has 2 aromatic rings. The van der Waals surface area contributed by atoms with E-state index in [0.717, 1.165) is 24.1 Å². The summed E-state index contributed by atoms with van der Waals surface area (Å²) in [5, 5.41) is 0. The highest BCUT2D eigenvalue weighted by molar-refractivity contribution is 6.66. The van der Waals surface area contributed by atoms with Crippen LogP contribution in [0, 0.1) is 6.92 Å². The topological polar surface area (TPSA) is 46.6 Å². The van der Waals surface area contributed by atoms with Gasteiger partial charge in [0, 0.05) is 23.4 Å². The van der Waals surface area contributed by atoms with Crippen LogP contribution in [-0.2, 0) is 8.53 Å². The second-order valence-electron chi connectivity index (χ2n) is 5.95. The molecule has 0 bridgehead atoms. The molecule has 0 aliphatic rings. The first-order valence-electron chi connectivity index (χ1n) is 8.41. The Balaban J connectivity index is 1.99. The number of aryl methyl sites for hydroxylation is 1. The first-order chi connectivity index (χ1) is 12.8. The van der Waals surface area contributed by atoms with Crippen LogP contribution in [0.15, 0.2) is 42.5 Å². The van der Waals surface area contributed by atoms with Crippen molar-refractivity contribution in [2.45, 2.75) is 17.6 Å². The van der Waals surface area contributed by atoms with Crippen LogP contribution in [0.4, 0.5) is 5.69 Å². The number of carbonyl (C=O) groups is 2. The Morgan fingerprint density at radius 3 is 2.52 bits per heavy atom. The molecule has 0 spiro atoms. The molecule has 0 saturated heterocycles. The smallest absolute Gasteiger partial charge is 0.338 e. The van der Waals surface area contributed by atoms with Crippen LogP contribution in [0.5, 0.6) is 0 Å². The van der Waals surface area contributed by atoms with Gasteiger partial charge in [-0.25, -0.2) is 4.79 Å². The Kier molecular flexibility index (Phi) is 7.54. The van der Waals surface area contributed by atoms with E-state index in [1.807, 2.05) is 26.0 Å². The van der Waals surface area contributed by atoms with E-state index in [2.05, 4.69) is 4.90 Å². The van der Waals surface area contributed by atoms with Crippen LogP contribution in [0.25, 0.3) is 0 Å². The Morgan fingerprint density at radius 1 is 1.19 bits per heavy atom. The Hall–Kier alpha value is -1.75. The highest BCUT2D eigenvalue weighted by Crippen LogP contribution is 2.38. The summed E-state index contributed by atoms with van der Waals surface area (Å²) in [6.07, 6.45) is 0.836. The lowest BCUT2D eigenvalue weighted by molar-refractivity contribution is 0.0515. The molecule has 0 aliphatic carbocycles. The lowest BCUT2D eigenvalue weighted by Gasteiger charge is -2.23. The first kappa shape index (κ1) is 21.5. The van der Waals surface area contributed by atoms with E-state index in [4.69, 9.17) is 39.5 Å². The number of likely N-dealkylation sites (N-methyl/N-ethyl adjacent to an activating group) is 1. The monoisotopic (exact) mass is 427 g/mol. The summed E-state index contributed by atoms with van der Waals surface area (Å²) >= 11 is 17.6. The number of rotatable bonds is 7. The lowest BCUT2D eigenvalue weighted by atomic mass is 10.1. The number of carbonyl (C=O) groups excluding carboxylic acids is 2. The average molecular weight is 429 g/mol. The van der Waals surface area contributed by atoms with Gasteiger partial charge in [-0.15, -0.1) is 0 Å². The van der Waals surface area contributed by atoms with E-state index in [1.54, 1.807) is 24.3 Å². The van der Waals surface area contributed by atoms with Gasteiger partial charge in [0.1, 0.15) is 12.9 Å². The van der Waals surface area contributed by atoms with Crippen molar-refractivity contribution in [1.29, 1.82) is 0 Å². The third-order valence-electron chi connectivity index (χ3n) is 4.15. The maximum atomic E-state index is 12.3. The maximum Gasteiger partial charge on any atom is 0.338 e. The van der Waals surface area contributed by atoms with Gasteiger partial charge >= 0.3 is 5.97 Å². The van der Waals surface area contributed by atoms with Gasteiger partial charge in [0.15, 0.2) is 0 Å². The van der Waals surface area contributed by atoms with E-state index < -0.39 is 9.76 Å². The van der Waals surface area contributed by atoms with Crippen LogP contribution >= 0.6 is 34.8 Å². The highest BCUT2D eigenvalue weighted by Gasteiger charge is 2.23. The minimum Gasteiger partial charge on any atom is -0.460 e.